The number of nitrogens with zero attached hydrogens (tertiary/aromatic N) is 1. The van der Waals surface area contributed by atoms with Gasteiger partial charge in [-0.2, -0.15) is 0 Å². The molecule has 1 rings (SSSR count). The highest BCUT2D eigenvalue weighted by atomic mass is 16.5. The molecule has 1 aliphatic rings. The van der Waals surface area contributed by atoms with Crippen molar-refractivity contribution in [2.24, 2.45) is 11.7 Å². The fourth-order valence-corrected chi connectivity index (χ4v) is 2.86. The van der Waals surface area contributed by atoms with Gasteiger partial charge >= 0.3 is 0 Å². The number of nitrogens with two attached hydrogens (primary N) is 1. The van der Waals surface area contributed by atoms with Crippen LogP contribution in [0.4, 0.5) is 0 Å². The maximum absolute atomic E-state index is 6.02. The largest absolute Gasteiger partial charge is 0.378 e. The molecule has 0 bridgehead atoms. The van der Waals surface area contributed by atoms with E-state index in [2.05, 4.69) is 32.6 Å². The molecular formula is C14H30N2O. The van der Waals surface area contributed by atoms with Crippen LogP contribution in [0.25, 0.3) is 0 Å². The van der Waals surface area contributed by atoms with E-state index in [-0.39, 0.29) is 5.54 Å². The fourth-order valence-electron chi connectivity index (χ4n) is 2.86. The molecule has 0 radical (unpaired) electrons. The van der Waals surface area contributed by atoms with Gasteiger partial charge in [-0.25, -0.2) is 0 Å². The fraction of sp³-hybridized carbons (Fsp3) is 1.00. The number of hydrogen-bond acceptors (Lipinski definition) is 3. The SMILES string of the molecule is CCOC1CC(CN)(N(CC)CC(C)CC)C1. The van der Waals surface area contributed by atoms with E-state index in [0.717, 1.165) is 38.5 Å². The Morgan fingerprint density at radius 2 is 2.00 bits per heavy atom. The van der Waals surface area contributed by atoms with Crippen LogP contribution in [0.2, 0.25) is 0 Å². The summed E-state index contributed by atoms with van der Waals surface area (Å²) < 4.78 is 5.68. The van der Waals surface area contributed by atoms with Crippen LogP contribution in [0.1, 0.15) is 47.0 Å². The van der Waals surface area contributed by atoms with Crippen LogP contribution in [0.5, 0.6) is 0 Å². The molecule has 1 aliphatic carbocycles. The molecule has 0 aromatic carbocycles. The molecule has 1 atom stereocenters. The zero-order valence-corrected chi connectivity index (χ0v) is 12.0. The molecule has 1 saturated carbocycles. The van der Waals surface area contributed by atoms with Crippen molar-refractivity contribution in [2.45, 2.75) is 58.6 Å². The van der Waals surface area contributed by atoms with E-state index in [0.29, 0.717) is 6.10 Å². The first-order chi connectivity index (χ1) is 8.11. The Morgan fingerprint density at radius 1 is 1.35 bits per heavy atom. The number of likely N-dealkylation sites (N-methyl/N-ethyl adjacent to an activating group) is 1. The summed E-state index contributed by atoms with van der Waals surface area (Å²) in [5.41, 5.74) is 6.24. The lowest BCUT2D eigenvalue weighted by molar-refractivity contribution is -0.102. The Bertz CT molecular complexity index is 214. The average molecular weight is 242 g/mol. The van der Waals surface area contributed by atoms with Gasteiger partial charge in [0, 0.05) is 25.2 Å². The normalized spacial score (nSPS) is 30.4. The van der Waals surface area contributed by atoms with Gasteiger partial charge in [-0.3, -0.25) is 4.90 Å². The minimum Gasteiger partial charge on any atom is -0.378 e. The molecule has 0 aromatic rings. The Hall–Kier alpha value is -0.120. The predicted octanol–water partition coefficient (Wildman–Crippen LogP) is 2.25. The monoisotopic (exact) mass is 242 g/mol. The molecule has 0 aromatic heterocycles. The van der Waals surface area contributed by atoms with Crippen molar-refractivity contribution in [3.05, 3.63) is 0 Å². The number of rotatable bonds is 8. The first kappa shape index (κ1) is 14.9. The smallest absolute Gasteiger partial charge is 0.0611 e. The van der Waals surface area contributed by atoms with E-state index in [9.17, 15) is 0 Å². The summed E-state index contributed by atoms with van der Waals surface area (Å²) in [5, 5.41) is 0. The molecule has 0 saturated heterocycles. The maximum atomic E-state index is 6.02. The van der Waals surface area contributed by atoms with Crippen LogP contribution >= 0.6 is 0 Å². The first-order valence-electron chi connectivity index (χ1n) is 7.18. The van der Waals surface area contributed by atoms with Crippen molar-refractivity contribution < 1.29 is 4.74 Å². The van der Waals surface area contributed by atoms with Crippen LogP contribution in [-0.4, -0.2) is 42.8 Å². The Kier molecular flexibility index (Phi) is 5.90. The van der Waals surface area contributed by atoms with Crippen molar-refractivity contribution in [1.29, 1.82) is 0 Å². The van der Waals surface area contributed by atoms with Gasteiger partial charge in [0.1, 0.15) is 0 Å². The van der Waals surface area contributed by atoms with E-state index in [1.54, 1.807) is 0 Å². The van der Waals surface area contributed by atoms with Gasteiger partial charge in [0.15, 0.2) is 0 Å². The third-order valence-corrected chi connectivity index (χ3v) is 4.28. The van der Waals surface area contributed by atoms with E-state index < -0.39 is 0 Å². The molecule has 0 amide bonds. The standard InChI is InChI=1S/C14H30N2O/c1-5-12(4)10-16(6-2)14(11-15)8-13(9-14)17-7-3/h12-13H,5-11,15H2,1-4H3. The summed E-state index contributed by atoms with van der Waals surface area (Å²) in [5.74, 6) is 0.754. The van der Waals surface area contributed by atoms with Gasteiger partial charge < -0.3 is 10.5 Å². The summed E-state index contributed by atoms with van der Waals surface area (Å²) in [7, 11) is 0. The van der Waals surface area contributed by atoms with Gasteiger partial charge in [0.25, 0.3) is 0 Å². The minimum atomic E-state index is 0.220. The lowest BCUT2D eigenvalue weighted by Gasteiger charge is -2.54. The van der Waals surface area contributed by atoms with Gasteiger partial charge in [-0.15, -0.1) is 0 Å². The van der Waals surface area contributed by atoms with Crippen molar-refractivity contribution in [3.63, 3.8) is 0 Å². The highest BCUT2D eigenvalue weighted by Gasteiger charge is 2.47. The van der Waals surface area contributed by atoms with Crippen LogP contribution < -0.4 is 5.73 Å². The van der Waals surface area contributed by atoms with Gasteiger partial charge in [-0.05, 0) is 32.2 Å². The lowest BCUT2D eigenvalue weighted by Crippen LogP contribution is -2.64. The molecule has 3 heteroatoms. The molecule has 102 valence electrons. The molecule has 1 unspecified atom stereocenters. The highest BCUT2D eigenvalue weighted by molar-refractivity contribution is 5.04. The lowest BCUT2D eigenvalue weighted by atomic mass is 9.72. The van der Waals surface area contributed by atoms with Crippen LogP contribution in [-0.2, 0) is 4.74 Å². The van der Waals surface area contributed by atoms with E-state index in [1.807, 2.05) is 0 Å². The maximum Gasteiger partial charge on any atom is 0.0611 e. The molecule has 0 aliphatic heterocycles. The number of ether oxygens (including phenoxy) is 1. The molecule has 0 spiro atoms. The highest BCUT2D eigenvalue weighted by Crippen LogP contribution is 2.39. The summed E-state index contributed by atoms with van der Waals surface area (Å²) in [6, 6.07) is 0. The predicted molar refractivity (Wildman–Crippen MR) is 73.1 cm³/mol. The molecule has 2 N–H and O–H groups in total. The third kappa shape index (κ3) is 3.43. The molecule has 1 fully saturated rings. The first-order valence-corrected chi connectivity index (χ1v) is 7.18. The Balaban J connectivity index is 2.53. The molecular weight excluding hydrogens is 212 g/mol. The van der Waals surface area contributed by atoms with Crippen molar-refractivity contribution in [3.8, 4) is 0 Å². The van der Waals surface area contributed by atoms with Crippen molar-refractivity contribution in [2.75, 3.05) is 26.2 Å². The van der Waals surface area contributed by atoms with E-state index in [4.69, 9.17) is 10.5 Å². The van der Waals surface area contributed by atoms with E-state index >= 15 is 0 Å². The summed E-state index contributed by atoms with van der Waals surface area (Å²) in [4.78, 5) is 2.58. The quantitative estimate of drug-likeness (QED) is 0.709. The Labute approximate surface area is 107 Å². The van der Waals surface area contributed by atoms with Gasteiger partial charge in [0.2, 0.25) is 0 Å². The third-order valence-electron chi connectivity index (χ3n) is 4.28. The minimum absolute atomic E-state index is 0.220. The number of hydrogen-bond donors (Lipinski definition) is 1. The molecule has 0 heterocycles. The van der Waals surface area contributed by atoms with Crippen molar-refractivity contribution in [1.82, 2.24) is 4.90 Å². The zero-order chi connectivity index (χ0) is 12.9. The second-order valence-electron chi connectivity index (χ2n) is 5.47. The summed E-state index contributed by atoms with van der Waals surface area (Å²) >= 11 is 0. The van der Waals surface area contributed by atoms with E-state index in [1.165, 1.54) is 13.0 Å². The average Bonchev–Trinajstić information content (AvgIpc) is 2.30. The molecule has 3 nitrogen and oxygen atoms in total. The molecule has 17 heavy (non-hydrogen) atoms. The summed E-state index contributed by atoms with van der Waals surface area (Å²) in [6.07, 6.45) is 3.91. The van der Waals surface area contributed by atoms with Crippen LogP contribution in [0, 0.1) is 5.92 Å². The zero-order valence-electron chi connectivity index (χ0n) is 12.0. The topological polar surface area (TPSA) is 38.5 Å². The Morgan fingerprint density at radius 3 is 2.41 bits per heavy atom. The van der Waals surface area contributed by atoms with Gasteiger partial charge in [0.05, 0.1) is 6.10 Å². The second kappa shape index (κ2) is 6.72. The summed E-state index contributed by atoms with van der Waals surface area (Å²) in [6.45, 7) is 12.8. The van der Waals surface area contributed by atoms with Gasteiger partial charge in [-0.1, -0.05) is 27.2 Å². The second-order valence-corrected chi connectivity index (χ2v) is 5.47. The van der Waals surface area contributed by atoms with Crippen LogP contribution in [0.3, 0.4) is 0 Å². The van der Waals surface area contributed by atoms with Crippen molar-refractivity contribution >= 4 is 0 Å². The van der Waals surface area contributed by atoms with Crippen LogP contribution in [0.15, 0.2) is 0 Å².